The fourth-order valence-electron chi connectivity index (χ4n) is 0.760. The van der Waals surface area contributed by atoms with Gasteiger partial charge in [-0.3, -0.25) is 9.59 Å². The zero-order chi connectivity index (χ0) is 11.1. The van der Waals surface area contributed by atoms with Crippen molar-refractivity contribution in [3.05, 3.63) is 15.3 Å². The average molecular weight is 199 g/mol. The molecule has 1 atom stereocenters. The maximum atomic E-state index is 10.9. The van der Waals surface area contributed by atoms with E-state index >= 15 is 0 Å². The molecule has 0 saturated heterocycles. The van der Waals surface area contributed by atoms with E-state index in [0.717, 1.165) is 4.90 Å². The second kappa shape index (κ2) is 5.65. The molecule has 0 fully saturated rings. The number of amides is 2. The van der Waals surface area contributed by atoms with Gasteiger partial charge >= 0.3 is 5.91 Å². The van der Waals surface area contributed by atoms with E-state index < -0.39 is 17.9 Å². The van der Waals surface area contributed by atoms with Crippen LogP contribution in [0.1, 0.15) is 6.92 Å². The van der Waals surface area contributed by atoms with E-state index in [2.05, 4.69) is 15.2 Å². The minimum Gasteiger partial charge on any atom is -0.334 e. The molecular weight excluding hydrogens is 190 g/mol. The number of nitroso groups, excluding NO2 is 1. The standard InChI is InChI=1S/C6H9N5O3/c1-4(12)11(2)5(3-8-10-7)6(13)9-14/h5H,3H2,1-2H3/t5-/m1/s1. The fourth-order valence-corrected chi connectivity index (χ4v) is 0.760. The molecule has 0 rings (SSSR count). The van der Waals surface area contributed by atoms with Gasteiger partial charge in [0.15, 0.2) is 0 Å². The number of hydrogen-bond donors (Lipinski definition) is 0. The third kappa shape index (κ3) is 3.20. The van der Waals surface area contributed by atoms with Gasteiger partial charge in [-0.05, 0) is 5.53 Å². The lowest BCUT2D eigenvalue weighted by atomic mass is 10.2. The van der Waals surface area contributed by atoms with Crippen LogP contribution in [0.4, 0.5) is 0 Å². The Bertz CT molecular complexity index is 296. The van der Waals surface area contributed by atoms with E-state index in [9.17, 15) is 14.5 Å². The number of hydrogen-bond acceptors (Lipinski definition) is 4. The monoisotopic (exact) mass is 199 g/mol. The number of carbonyl (C=O) groups excluding carboxylic acids is 2. The Hall–Kier alpha value is -1.95. The van der Waals surface area contributed by atoms with Crippen molar-refractivity contribution < 1.29 is 9.59 Å². The average Bonchev–Trinajstić information content (AvgIpc) is 2.17. The van der Waals surface area contributed by atoms with Crippen LogP contribution in [0.5, 0.6) is 0 Å². The molecule has 0 aromatic rings. The van der Waals surface area contributed by atoms with Crippen LogP contribution >= 0.6 is 0 Å². The summed E-state index contributed by atoms with van der Waals surface area (Å²) in [5.74, 6) is -1.45. The van der Waals surface area contributed by atoms with E-state index in [4.69, 9.17) is 5.53 Å². The zero-order valence-corrected chi connectivity index (χ0v) is 7.75. The third-order valence-corrected chi connectivity index (χ3v) is 1.66. The minimum absolute atomic E-state index is 0.294. The Morgan fingerprint density at radius 1 is 1.57 bits per heavy atom. The Kier molecular flexibility index (Phi) is 4.87. The van der Waals surface area contributed by atoms with Gasteiger partial charge in [0.05, 0.1) is 6.54 Å². The molecular formula is C6H9N5O3. The predicted molar refractivity (Wildman–Crippen MR) is 47.0 cm³/mol. The van der Waals surface area contributed by atoms with E-state index in [1.54, 1.807) is 0 Å². The third-order valence-electron chi connectivity index (χ3n) is 1.66. The molecule has 14 heavy (non-hydrogen) atoms. The summed E-state index contributed by atoms with van der Waals surface area (Å²) >= 11 is 0. The molecule has 0 saturated carbocycles. The van der Waals surface area contributed by atoms with Crippen LogP contribution in [-0.2, 0) is 9.59 Å². The van der Waals surface area contributed by atoms with Crippen LogP contribution in [0, 0.1) is 4.91 Å². The number of rotatable bonds is 4. The van der Waals surface area contributed by atoms with Crippen molar-refractivity contribution in [2.45, 2.75) is 13.0 Å². The molecule has 0 unspecified atom stereocenters. The highest BCUT2D eigenvalue weighted by molar-refractivity contribution is 5.87. The molecule has 8 nitrogen and oxygen atoms in total. The maximum absolute atomic E-state index is 10.9. The van der Waals surface area contributed by atoms with Crippen LogP contribution < -0.4 is 0 Å². The van der Waals surface area contributed by atoms with E-state index in [-0.39, 0.29) is 6.54 Å². The maximum Gasteiger partial charge on any atom is 0.308 e. The van der Waals surface area contributed by atoms with Gasteiger partial charge in [0.1, 0.15) is 6.04 Å². The van der Waals surface area contributed by atoms with Crippen LogP contribution in [-0.4, -0.2) is 36.3 Å². The molecule has 0 aromatic heterocycles. The molecule has 76 valence electrons. The second-order valence-electron chi connectivity index (χ2n) is 2.49. The molecule has 0 radical (unpaired) electrons. The van der Waals surface area contributed by atoms with Crippen molar-refractivity contribution in [1.29, 1.82) is 0 Å². The molecule has 2 amide bonds. The van der Waals surface area contributed by atoms with E-state index in [0.29, 0.717) is 0 Å². The molecule has 8 heteroatoms. The van der Waals surface area contributed by atoms with Crippen molar-refractivity contribution in [3.8, 4) is 0 Å². The number of carbonyl (C=O) groups is 2. The predicted octanol–water partition coefficient (Wildman–Crippen LogP) is 0.437. The summed E-state index contributed by atoms with van der Waals surface area (Å²) in [6.07, 6.45) is 0. The summed E-state index contributed by atoms with van der Waals surface area (Å²) in [5, 5.41) is 5.29. The highest BCUT2D eigenvalue weighted by Crippen LogP contribution is 2.01. The first-order valence-electron chi connectivity index (χ1n) is 3.66. The Morgan fingerprint density at radius 3 is 2.50 bits per heavy atom. The smallest absolute Gasteiger partial charge is 0.308 e. The van der Waals surface area contributed by atoms with Crippen LogP contribution in [0.15, 0.2) is 10.3 Å². The van der Waals surface area contributed by atoms with Crippen LogP contribution in [0.25, 0.3) is 10.4 Å². The number of azide groups is 1. The SMILES string of the molecule is CC(=O)N(C)[C@H](CN=[N+]=[N-])C(=O)N=O. The topological polar surface area (TPSA) is 116 Å². The van der Waals surface area contributed by atoms with Crippen molar-refractivity contribution >= 4 is 11.8 Å². The van der Waals surface area contributed by atoms with Gasteiger partial charge in [0.2, 0.25) is 5.91 Å². The summed E-state index contributed by atoms with van der Waals surface area (Å²) in [7, 11) is 1.32. The summed E-state index contributed by atoms with van der Waals surface area (Å²) in [5.41, 5.74) is 8.02. The Labute approximate surface area is 79.5 Å². The quantitative estimate of drug-likeness (QED) is 0.283. The van der Waals surface area contributed by atoms with Gasteiger partial charge < -0.3 is 4.90 Å². The largest absolute Gasteiger partial charge is 0.334 e. The molecule has 0 aliphatic heterocycles. The molecule has 0 aliphatic rings. The van der Waals surface area contributed by atoms with Gasteiger partial charge in [-0.15, -0.1) is 4.91 Å². The van der Waals surface area contributed by atoms with Gasteiger partial charge in [-0.25, -0.2) is 0 Å². The minimum atomic E-state index is -1.11. The van der Waals surface area contributed by atoms with Gasteiger partial charge in [0.25, 0.3) is 0 Å². The molecule has 0 spiro atoms. The van der Waals surface area contributed by atoms with Crippen molar-refractivity contribution in [2.24, 2.45) is 10.3 Å². The Balaban J connectivity index is 4.69. The molecule has 0 N–H and O–H groups in total. The van der Waals surface area contributed by atoms with Crippen molar-refractivity contribution in [2.75, 3.05) is 13.6 Å². The van der Waals surface area contributed by atoms with E-state index in [1.165, 1.54) is 14.0 Å². The van der Waals surface area contributed by atoms with Gasteiger partial charge in [0, 0.05) is 24.1 Å². The summed E-state index contributed by atoms with van der Waals surface area (Å²) in [4.78, 5) is 35.2. The van der Waals surface area contributed by atoms with Crippen LogP contribution in [0.2, 0.25) is 0 Å². The Morgan fingerprint density at radius 2 is 2.14 bits per heavy atom. The first kappa shape index (κ1) is 12.0. The van der Waals surface area contributed by atoms with E-state index in [1.807, 2.05) is 0 Å². The highest BCUT2D eigenvalue weighted by atomic mass is 16.3. The lowest BCUT2D eigenvalue weighted by Gasteiger charge is -2.21. The second-order valence-corrected chi connectivity index (χ2v) is 2.49. The lowest BCUT2D eigenvalue weighted by molar-refractivity contribution is -0.135. The van der Waals surface area contributed by atoms with Gasteiger partial charge in [-0.2, -0.15) is 0 Å². The first-order chi connectivity index (χ1) is 6.54. The summed E-state index contributed by atoms with van der Waals surface area (Å²) < 4.78 is 0. The van der Waals surface area contributed by atoms with Crippen molar-refractivity contribution in [1.82, 2.24) is 4.90 Å². The first-order valence-corrected chi connectivity index (χ1v) is 3.66. The summed E-state index contributed by atoms with van der Waals surface area (Å²) in [6, 6.07) is -1.11. The normalized spacial score (nSPS) is 11.0. The molecule has 0 aliphatic carbocycles. The number of likely N-dealkylation sites (N-methyl/N-ethyl adjacent to an activating group) is 1. The van der Waals surface area contributed by atoms with Crippen LogP contribution in [0.3, 0.4) is 0 Å². The number of nitrogens with zero attached hydrogens (tertiary/aromatic N) is 5. The zero-order valence-electron chi connectivity index (χ0n) is 7.75. The molecule has 0 heterocycles. The fraction of sp³-hybridized carbons (Fsp3) is 0.667. The summed E-state index contributed by atoms with van der Waals surface area (Å²) in [6.45, 7) is 0.929. The lowest BCUT2D eigenvalue weighted by Crippen LogP contribution is -2.42. The van der Waals surface area contributed by atoms with Crippen molar-refractivity contribution in [3.63, 3.8) is 0 Å². The highest BCUT2D eigenvalue weighted by Gasteiger charge is 2.24. The van der Waals surface area contributed by atoms with Gasteiger partial charge in [-0.1, -0.05) is 5.11 Å². The molecule has 0 aromatic carbocycles. The molecule has 0 bridgehead atoms.